The van der Waals surface area contributed by atoms with E-state index in [1.54, 1.807) is 0 Å². The standard InChI is InChI=1S/C28H40BNO5S/c1-25(2)20-14-21(25)27(5)23(16-20)34-29(35-27)24(13-18-9-7-6-8-10-18)30-36(32,33)17-28-12-11-19(15-22(28)31)26(28,3)4/h6-10,19-21,23-24,30H,11-17H2,1-5H3/t19-,20-,21-,23+,24-,27-,28-/m0/s1. The Balaban J connectivity index is 1.27. The quantitative estimate of drug-likeness (QED) is 0.554. The Morgan fingerprint density at radius 1 is 1.08 bits per heavy atom. The normalized spacial score (nSPS) is 40.7. The molecule has 4 bridgehead atoms. The van der Waals surface area contributed by atoms with Crippen LogP contribution in [0, 0.1) is 34.0 Å². The number of hydrogen-bond acceptors (Lipinski definition) is 5. The van der Waals surface area contributed by atoms with E-state index in [2.05, 4.69) is 39.3 Å². The number of hydrogen-bond donors (Lipinski definition) is 1. The molecule has 6 aliphatic rings. The summed E-state index contributed by atoms with van der Waals surface area (Å²) in [6.45, 7) is 11.0. The number of benzene rings is 1. The Labute approximate surface area is 216 Å². The van der Waals surface area contributed by atoms with E-state index in [1.807, 2.05) is 30.3 Å². The van der Waals surface area contributed by atoms with Gasteiger partial charge in [-0.2, -0.15) is 0 Å². The molecule has 7 rings (SSSR count). The number of ketones is 1. The van der Waals surface area contributed by atoms with Gasteiger partial charge >= 0.3 is 7.12 Å². The van der Waals surface area contributed by atoms with Crippen molar-refractivity contribution in [2.24, 2.45) is 34.0 Å². The molecule has 1 saturated heterocycles. The molecule has 5 saturated carbocycles. The van der Waals surface area contributed by atoms with Crippen LogP contribution in [0.3, 0.4) is 0 Å². The lowest BCUT2D eigenvalue weighted by atomic mass is 9.43. The minimum Gasteiger partial charge on any atom is -0.404 e. The zero-order chi connectivity index (χ0) is 25.7. The second kappa shape index (κ2) is 7.90. The molecule has 0 radical (unpaired) electrons. The lowest BCUT2D eigenvalue weighted by Crippen LogP contribution is -2.65. The van der Waals surface area contributed by atoms with Gasteiger partial charge in [0.2, 0.25) is 10.0 Å². The topological polar surface area (TPSA) is 81.7 Å². The number of Topliss-reactive ketones (excluding diaryl/α,β-unsaturated/α-hetero) is 1. The first-order chi connectivity index (χ1) is 16.8. The smallest absolute Gasteiger partial charge is 0.404 e. The molecule has 1 aromatic carbocycles. The molecule has 196 valence electrons. The number of fused-ring (bicyclic) bond motifs is 2. The molecular weight excluding hydrogens is 473 g/mol. The summed E-state index contributed by atoms with van der Waals surface area (Å²) in [5.41, 5.74) is -0.278. The van der Waals surface area contributed by atoms with Crippen LogP contribution in [-0.2, 0) is 30.5 Å². The Morgan fingerprint density at radius 2 is 1.81 bits per heavy atom. The number of carbonyl (C=O) groups is 1. The van der Waals surface area contributed by atoms with Crippen molar-refractivity contribution in [2.75, 3.05) is 5.75 Å². The van der Waals surface area contributed by atoms with E-state index in [1.165, 1.54) is 0 Å². The maximum absolute atomic E-state index is 13.8. The first kappa shape index (κ1) is 25.1. The van der Waals surface area contributed by atoms with Gasteiger partial charge in [-0.05, 0) is 73.2 Å². The van der Waals surface area contributed by atoms with Gasteiger partial charge in [0, 0.05) is 11.8 Å². The molecule has 6 fully saturated rings. The van der Waals surface area contributed by atoms with Crippen LogP contribution in [0.15, 0.2) is 30.3 Å². The molecule has 6 nitrogen and oxygen atoms in total. The molecule has 5 aliphatic carbocycles. The van der Waals surface area contributed by atoms with Crippen LogP contribution in [0.1, 0.15) is 72.3 Å². The largest absolute Gasteiger partial charge is 0.477 e. The summed E-state index contributed by atoms with van der Waals surface area (Å²) < 4.78 is 43.7. The van der Waals surface area contributed by atoms with Crippen LogP contribution in [0.25, 0.3) is 0 Å². The van der Waals surface area contributed by atoms with E-state index < -0.39 is 34.1 Å². The summed E-state index contributed by atoms with van der Waals surface area (Å²) in [6, 6.07) is 9.91. The Bertz CT molecular complexity index is 1170. The predicted octanol–water partition coefficient (Wildman–Crippen LogP) is 4.18. The molecule has 0 aromatic heterocycles. The van der Waals surface area contributed by atoms with Crippen molar-refractivity contribution in [2.45, 2.75) is 90.8 Å². The van der Waals surface area contributed by atoms with Gasteiger partial charge in [-0.3, -0.25) is 4.79 Å². The average Bonchev–Trinajstić information content (AvgIpc) is 3.34. The van der Waals surface area contributed by atoms with Gasteiger partial charge in [0.05, 0.1) is 23.4 Å². The Morgan fingerprint density at radius 3 is 2.42 bits per heavy atom. The van der Waals surface area contributed by atoms with Gasteiger partial charge in [-0.15, -0.1) is 0 Å². The highest BCUT2D eigenvalue weighted by atomic mass is 32.2. The fourth-order valence-electron chi connectivity index (χ4n) is 8.84. The van der Waals surface area contributed by atoms with Crippen molar-refractivity contribution in [1.29, 1.82) is 0 Å². The molecule has 1 aromatic rings. The molecule has 1 aliphatic heterocycles. The van der Waals surface area contributed by atoms with E-state index >= 15 is 0 Å². The fourth-order valence-corrected chi connectivity index (χ4v) is 10.9. The molecule has 1 heterocycles. The minimum absolute atomic E-state index is 0.0217. The molecule has 0 unspecified atom stereocenters. The van der Waals surface area contributed by atoms with Crippen LogP contribution >= 0.6 is 0 Å². The second-order valence-electron chi connectivity index (χ2n) is 13.7. The van der Waals surface area contributed by atoms with Gasteiger partial charge in [0.15, 0.2) is 0 Å². The number of carbonyl (C=O) groups excluding carboxylic acids is 1. The highest BCUT2D eigenvalue weighted by Gasteiger charge is 2.69. The van der Waals surface area contributed by atoms with E-state index in [-0.39, 0.29) is 34.4 Å². The third-order valence-corrected chi connectivity index (χ3v) is 13.0. The van der Waals surface area contributed by atoms with E-state index in [4.69, 9.17) is 9.31 Å². The molecule has 36 heavy (non-hydrogen) atoms. The summed E-state index contributed by atoms with van der Waals surface area (Å²) in [6.07, 6.45) is 4.63. The first-order valence-electron chi connectivity index (χ1n) is 13.7. The van der Waals surface area contributed by atoms with Crippen LogP contribution in [0.2, 0.25) is 0 Å². The molecule has 1 N–H and O–H groups in total. The lowest BCUT2D eigenvalue weighted by molar-refractivity contribution is -0.199. The SMILES string of the molecule is CC1(C)[C@@H]2C[C@H]3OB([C@H](Cc4ccccc4)NS(=O)(=O)C[C@@]45CC[C@@H](CC4=O)C5(C)C)O[C@@]3(C)[C@H]1C2. The van der Waals surface area contributed by atoms with E-state index in [0.717, 1.165) is 24.8 Å². The number of nitrogens with one attached hydrogen (secondary N) is 1. The predicted molar refractivity (Wildman–Crippen MR) is 140 cm³/mol. The first-order valence-corrected chi connectivity index (χ1v) is 15.3. The van der Waals surface area contributed by atoms with Gasteiger partial charge in [0.1, 0.15) is 5.78 Å². The summed E-state index contributed by atoms with van der Waals surface area (Å²) in [5, 5.41) is 0. The summed E-state index contributed by atoms with van der Waals surface area (Å²) >= 11 is 0. The summed E-state index contributed by atoms with van der Waals surface area (Å²) in [5.74, 6) is 0.700. The van der Waals surface area contributed by atoms with Crippen molar-refractivity contribution < 1.29 is 22.5 Å². The van der Waals surface area contributed by atoms with Gasteiger partial charge < -0.3 is 9.31 Å². The average molecular weight is 514 g/mol. The molecular formula is C28H40BNO5S. The van der Waals surface area contributed by atoms with Crippen LogP contribution in [0.5, 0.6) is 0 Å². The van der Waals surface area contributed by atoms with Crippen molar-refractivity contribution >= 4 is 22.9 Å². The monoisotopic (exact) mass is 513 g/mol. The summed E-state index contributed by atoms with van der Waals surface area (Å²) in [7, 11) is -4.44. The van der Waals surface area contributed by atoms with E-state index in [9.17, 15) is 13.2 Å². The zero-order valence-corrected chi connectivity index (χ0v) is 23.1. The number of sulfonamides is 1. The minimum atomic E-state index is -3.78. The highest BCUT2D eigenvalue weighted by Crippen LogP contribution is 2.66. The van der Waals surface area contributed by atoms with Gasteiger partial charge in [-0.25, -0.2) is 13.1 Å². The van der Waals surface area contributed by atoms with Crippen LogP contribution in [0.4, 0.5) is 0 Å². The fraction of sp³-hybridized carbons (Fsp3) is 0.750. The molecule has 0 spiro atoms. The maximum Gasteiger partial charge on any atom is 0.477 e. The Kier molecular flexibility index (Phi) is 5.51. The van der Waals surface area contributed by atoms with Crippen LogP contribution in [-0.4, -0.2) is 44.7 Å². The molecule has 0 amide bonds. The van der Waals surface area contributed by atoms with Crippen molar-refractivity contribution in [3.05, 3.63) is 35.9 Å². The number of rotatable bonds is 7. The maximum atomic E-state index is 13.8. The van der Waals surface area contributed by atoms with E-state index in [0.29, 0.717) is 31.1 Å². The third kappa shape index (κ3) is 3.46. The zero-order valence-electron chi connectivity index (χ0n) is 22.3. The lowest BCUT2D eigenvalue weighted by Gasteiger charge is -2.64. The third-order valence-electron chi connectivity index (χ3n) is 11.5. The van der Waals surface area contributed by atoms with Crippen molar-refractivity contribution in [3.63, 3.8) is 0 Å². The van der Waals surface area contributed by atoms with Gasteiger partial charge in [-0.1, -0.05) is 58.0 Å². The summed E-state index contributed by atoms with van der Waals surface area (Å²) in [4.78, 5) is 13.1. The van der Waals surface area contributed by atoms with Crippen LogP contribution < -0.4 is 4.72 Å². The van der Waals surface area contributed by atoms with Crippen molar-refractivity contribution in [1.82, 2.24) is 4.72 Å². The Hall–Kier alpha value is -1.22. The van der Waals surface area contributed by atoms with Crippen molar-refractivity contribution in [3.8, 4) is 0 Å². The second-order valence-corrected chi connectivity index (χ2v) is 15.4. The molecule has 8 heteroatoms. The van der Waals surface area contributed by atoms with Gasteiger partial charge in [0.25, 0.3) is 0 Å². The highest BCUT2D eigenvalue weighted by molar-refractivity contribution is 7.89. The molecule has 7 atom stereocenters.